The highest BCUT2D eigenvalue weighted by atomic mass is 32.2. The summed E-state index contributed by atoms with van der Waals surface area (Å²) < 4.78 is 48.7. The zero-order valence-electron chi connectivity index (χ0n) is 18.8. The molecule has 182 valence electrons. The van der Waals surface area contributed by atoms with Gasteiger partial charge in [0, 0.05) is 5.56 Å². The summed E-state index contributed by atoms with van der Waals surface area (Å²) in [4.78, 5) is 12.5. The summed E-state index contributed by atoms with van der Waals surface area (Å²) >= 11 is 0.701. The number of hydrogen-bond donors (Lipinski definition) is 1. The molecule has 1 amide bonds. The van der Waals surface area contributed by atoms with E-state index in [4.69, 9.17) is 9.47 Å². The SMILES string of the molecule is CCOc1cc(C=C(C#N)C(=O)Nc2nnc(S(=O)(=O)CC)s2)ccc1OCc1ccccc1F. The molecule has 0 fully saturated rings. The van der Waals surface area contributed by atoms with Crippen molar-refractivity contribution in [1.29, 1.82) is 5.26 Å². The number of carbonyl (C=O) groups excluding carboxylic acids is 1. The highest BCUT2D eigenvalue weighted by Gasteiger charge is 2.20. The molecule has 1 aromatic heterocycles. The van der Waals surface area contributed by atoms with Crippen LogP contribution in [0.3, 0.4) is 0 Å². The number of benzene rings is 2. The Hall–Kier alpha value is -3.82. The Balaban J connectivity index is 1.78. The number of sulfone groups is 1. The van der Waals surface area contributed by atoms with Crippen molar-refractivity contribution in [3.05, 3.63) is 65.0 Å². The Morgan fingerprint density at radius 3 is 2.63 bits per heavy atom. The summed E-state index contributed by atoms with van der Waals surface area (Å²) in [6.07, 6.45) is 1.34. The van der Waals surface area contributed by atoms with Gasteiger partial charge in [-0.15, -0.1) is 10.2 Å². The van der Waals surface area contributed by atoms with Crippen LogP contribution >= 0.6 is 11.3 Å². The van der Waals surface area contributed by atoms with Gasteiger partial charge in [0.25, 0.3) is 5.91 Å². The normalized spacial score (nSPS) is 11.5. The summed E-state index contributed by atoms with van der Waals surface area (Å²) in [6.45, 7) is 3.57. The van der Waals surface area contributed by atoms with Crippen molar-refractivity contribution in [2.24, 2.45) is 0 Å². The second-order valence-electron chi connectivity index (χ2n) is 6.92. The van der Waals surface area contributed by atoms with Crippen LogP contribution in [-0.4, -0.2) is 36.9 Å². The lowest BCUT2D eigenvalue weighted by molar-refractivity contribution is -0.112. The molecule has 35 heavy (non-hydrogen) atoms. The van der Waals surface area contributed by atoms with Crippen LogP contribution in [0, 0.1) is 17.1 Å². The molecule has 0 atom stereocenters. The van der Waals surface area contributed by atoms with Crippen LogP contribution in [0.15, 0.2) is 52.4 Å². The predicted molar refractivity (Wildman–Crippen MR) is 128 cm³/mol. The van der Waals surface area contributed by atoms with Gasteiger partial charge in [-0.3, -0.25) is 10.1 Å². The summed E-state index contributed by atoms with van der Waals surface area (Å²) in [6, 6.07) is 12.9. The lowest BCUT2D eigenvalue weighted by atomic mass is 10.1. The second kappa shape index (κ2) is 11.5. The first kappa shape index (κ1) is 25.8. The van der Waals surface area contributed by atoms with E-state index in [2.05, 4.69) is 15.5 Å². The molecule has 0 saturated heterocycles. The molecule has 3 rings (SSSR count). The summed E-state index contributed by atoms with van der Waals surface area (Å²) in [7, 11) is -3.56. The van der Waals surface area contributed by atoms with E-state index < -0.39 is 15.7 Å². The number of carbonyl (C=O) groups is 1. The Morgan fingerprint density at radius 2 is 1.94 bits per heavy atom. The van der Waals surface area contributed by atoms with Crippen LogP contribution < -0.4 is 14.8 Å². The number of ether oxygens (including phenoxy) is 2. The molecule has 0 aliphatic rings. The molecule has 0 aliphatic heterocycles. The third kappa shape index (κ3) is 6.62. The fourth-order valence-electron chi connectivity index (χ4n) is 2.76. The minimum absolute atomic E-state index is 0.00856. The quantitative estimate of drug-likeness (QED) is 0.243. The zero-order chi connectivity index (χ0) is 25.4. The minimum atomic E-state index is -3.56. The maximum atomic E-state index is 13.9. The molecule has 12 heteroatoms. The van der Waals surface area contributed by atoms with Gasteiger partial charge >= 0.3 is 0 Å². The topological polar surface area (TPSA) is 131 Å². The van der Waals surface area contributed by atoms with Gasteiger partial charge in [-0.05, 0) is 36.8 Å². The largest absolute Gasteiger partial charge is 0.490 e. The zero-order valence-corrected chi connectivity index (χ0v) is 20.5. The first-order valence-corrected chi connectivity index (χ1v) is 12.9. The molecule has 1 heterocycles. The molecule has 0 bridgehead atoms. The first-order valence-electron chi connectivity index (χ1n) is 10.4. The molecule has 0 spiro atoms. The number of amides is 1. The minimum Gasteiger partial charge on any atom is -0.490 e. The van der Waals surface area contributed by atoms with Crippen molar-refractivity contribution >= 4 is 38.3 Å². The van der Waals surface area contributed by atoms with E-state index in [-0.39, 0.29) is 33.2 Å². The monoisotopic (exact) mass is 516 g/mol. The van der Waals surface area contributed by atoms with Crippen LogP contribution in [0.5, 0.6) is 11.5 Å². The third-order valence-electron chi connectivity index (χ3n) is 4.56. The van der Waals surface area contributed by atoms with Gasteiger partial charge in [0.05, 0.1) is 12.4 Å². The second-order valence-corrected chi connectivity index (χ2v) is 10.3. The van der Waals surface area contributed by atoms with Crippen LogP contribution in [0.1, 0.15) is 25.0 Å². The van der Waals surface area contributed by atoms with Crippen molar-refractivity contribution < 1.29 is 27.1 Å². The number of halogens is 1. The molecule has 2 aromatic carbocycles. The van der Waals surface area contributed by atoms with Crippen molar-refractivity contribution in [2.45, 2.75) is 24.8 Å². The van der Waals surface area contributed by atoms with Gasteiger partial charge in [0.15, 0.2) is 11.5 Å². The van der Waals surface area contributed by atoms with Gasteiger partial charge in [-0.1, -0.05) is 42.5 Å². The average molecular weight is 517 g/mol. The van der Waals surface area contributed by atoms with E-state index in [1.165, 1.54) is 19.1 Å². The van der Waals surface area contributed by atoms with E-state index in [0.717, 1.165) is 0 Å². The Bertz CT molecular complexity index is 1400. The summed E-state index contributed by atoms with van der Waals surface area (Å²) in [5.74, 6) is -0.588. The van der Waals surface area contributed by atoms with Gasteiger partial charge in [-0.2, -0.15) is 5.26 Å². The van der Waals surface area contributed by atoms with E-state index in [9.17, 15) is 22.9 Å². The molecular weight excluding hydrogens is 495 g/mol. The fraction of sp³-hybridized carbons (Fsp3) is 0.217. The highest BCUT2D eigenvalue weighted by Crippen LogP contribution is 2.30. The Morgan fingerprint density at radius 1 is 1.17 bits per heavy atom. The first-order chi connectivity index (χ1) is 16.8. The Kier molecular flexibility index (Phi) is 8.51. The van der Waals surface area contributed by atoms with Crippen LogP contribution in [0.2, 0.25) is 0 Å². The number of aromatic nitrogens is 2. The van der Waals surface area contributed by atoms with E-state index in [1.807, 2.05) is 6.07 Å². The van der Waals surface area contributed by atoms with Crippen LogP contribution in [-0.2, 0) is 21.2 Å². The number of rotatable bonds is 10. The predicted octanol–water partition coefficient (Wildman–Crippen LogP) is 3.99. The molecule has 1 N–H and O–H groups in total. The van der Waals surface area contributed by atoms with Crippen LogP contribution in [0.25, 0.3) is 6.08 Å². The smallest absolute Gasteiger partial charge is 0.268 e. The fourth-order valence-corrected chi connectivity index (χ4v) is 4.74. The van der Waals surface area contributed by atoms with Crippen molar-refractivity contribution in [3.63, 3.8) is 0 Å². The standard InChI is InChI=1S/C23H21FN4O5S2/c1-3-32-20-12-15(9-10-19(20)33-14-16-7-5-6-8-18(16)24)11-17(13-25)21(29)26-22-27-28-23(34-22)35(30,31)4-2/h5-12H,3-4,14H2,1-2H3,(H,26,27,29). The molecule has 0 aliphatic carbocycles. The van der Waals surface area contributed by atoms with Gasteiger partial charge < -0.3 is 9.47 Å². The molecular formula is C23H21FN4O5S2. The highest BCUT2D eigenvalue weighted by molar-refractivity contribution is 7.93. The van der Waals surface area contributed by atoms with Crippen molar-refractivity contribution in [1.82, 2.24) is 10.2 Å². The molecule has 0 radical (unpaired) electrons. The van der Waals surface area contributed by atoms with Crippen molar-refractivity contribution in [3.8, 4) is 17.6 Å². The number of anilines is 1. The number of nitrogens with zero attached hydrogens (tertiary/aromatic N) is 3. The lowest BCUT2D eigenvalue weighted by Gasteiger charge is -2.13. The third-order valence-corrected chi connectivity index (χ3v) is 7.58. The van der Waals surface area contributed by atoms with E-state index in [1.54, 1.807) is 43.3 Å². The van der Waals surface area contributed by atoms with Gasteiger partial charge in [-0.25, -0.2) is 12.8 Å². The van der Waals surface area contributed by atoms with Gasteiger partial charge in [0.1, 0.15) is 24.1 Å². The maximum absolute atomic E-state index is 13.9. The number of nitriles is 1. The van der Waals surface area contributed by atoms with E-state index in [0.29, 0.717) is 40.6 Å². The molecule has 9 nitrogen and oxygen atoms in total. The number of hydrogen-bond acceptors (Lipinski definition) is 9. The maximum Gasteiger partial charge on any atom is 0.268 e. The molecule has 3 aromatic rings. The van der Waals surface area contributed by atoms with Gasteiger partial charge in [0.2, 0.25) is 19.3 Å². The lowest BCUT2D eigenvalue weighted by Crippen LogP contribution is -2.13. The summed E-state index contributed by atoms with van der Waals surface area (Å²) in [5.41, 5.74) is 0.612. The summed E-state index contributed by atoms with van der Waals surface area (Å²) in [5, 5.41) is 19.0. The average Bonchev–Trinajstić information content (AvgIpc) is 3.32. The molecule has 0 unspecified atom stereocenters. The number of nitrogens with one attached hydrogen (secondary N) is 1. The van der Waals surface area contributed by atoms with Crippen LogP contribution in [0.4, 0.5) is 9.52 Å². The van der Waals surface area contributed by atoms with E-state index >= 15 is 0 Å². The molecule has 0 saturated carbocycles. The van der Waals surface area contributed by atoms with Crippen molar-refractivity contribution in [2.75, 3.05) is 17.7 Å². The Labute approximate surface area is 205 Å².